The highest BCUT2D eigenvalue weighted by Gasteiger charge is 2.27. The minimum Gasteiger partial charge on any atom is -0.342 e. The van der Waals surface area contributed by atoms with E-state index in [1.54, 1.807) is 11.3 Å². The topological polar surface area (TPSA) is 46.3 Å². The third kappa shape index (κ3) is 4.05. The van der Waals surface area contributed by atoms with Crippen LogP contribution in [0.2, 0.25) is 0 Å². The van der Waals surface area contributed by atoms with Gasteiger partial charge >= 0.3 is 0 Å². The predicted molar refractivity (Wildman–Crippen MR) is 80.2 cm³/mol. The molecular weight excluding hydrogens is 256 g/mol. The lowest BCUT2D eigenvalue weighted by molar-refractivity contribution is -0.133. The second kappa shape index (κ2) is 7.06. The molecule has 1 amide bonds. The van der Waals surface area contributed by atoms with Crippen molar-refractivity contribution in [3.63, 3.8) is 0 Å². The molecule has 2 rings (SSSR count). The fraction of sp³-hybridized carbons (Fsp3) is 0.667. The fourth-order valence-electron chi connectivity index (χ4n) is 2.71. The number of aryl methyl sites for hydroxylation is 1. The van der Waals surface area contributed by atoms with E-state index in [0.29, 0.717) is 30.7 Å². The van der Waals surface area contributed by atoms with Crippen LogP contribution in [0.5, 0.6) is 0 Å². The van der Waals surface area contributed by atoms with Crippen molar-refractivity contribution in [2.75, 3.05) is 19.6 Å². The lowest BCUT2D eigenvalue weighted by atomic mass is 9.87. The average Bonchev–Trinajstić information content (AvgIpc) is 2.92. The lowest BCUT2D eigenvalue weighted by Crippen LogP contribution is -2.45. The zero-order valence-corrected chi connectivity index (χ0v) is 12.5. The van der Waals surface area contributed by atoms with Crippen LogP contribution in [0.15, 0.2) is 17.5 Å². The Balaban J connectivity index is 1.73. The minimum atomic E-state index is 0.307. The molecule has 0 radical (unpaired) electrons. The highest BCUT2D eigenvalue weighted by atomic mass is 32.1. The second-order valence-corrected chi connectivity index (χ2v) is 6.57. The Kier molecular flexibility index (Phi) is 5.40. The number of carbonyl (C=O) groups excluding carboxylic acids is 1. The summed E-state index contributed by atoms with van der Waals surface area (Å²) in [5.41, 5.74) is 5.78. The van der Waals surface area contributed by atoms with Crippen LogP contribution in [0.25, 0.3) is 0 Å². The van der Waals surface area contributed by atoms with Gasteiger partial charge in [-0.25, -0.2) is 0 Å². The van der Waals surface area contributed by atoms with Gasteiger partial charge in [0.2, 0.25) is 5.91 Å². The van der Waals surface area contributed by atoms with Gasteiger partial charge in [-0.15, -0.1) is 11.3 Å². The van der Waals surface area contributed by atoms with E-state index in [-0.39, 0.29) is 0 Å². The summed E-state index contributed by atoms with van der Waals surface area (Å²) >= 11 is 1.77. The predicted octanol–water partition coefficient (Wildman–Crippen LogP) is 2.51. The highest BCUT2D eigenvalue weighted by molar-refractivity contribution is 7.09. The molecule has 106 valence electrons. The van der Waals surface area contributed by atoms with Crippen LogP contribution in [0.4, 0.5) is 0 Å². The van der Waals surface area contributed by atoms with Crippen molar-refractivity contribution in [2.45, 2.75) is 32.6 Å². The molecule has 2 unspecified atom stereocenters. The Morgan fingerprint density at radius 1 is 1.58 bits per heavy atom. The largest absolute Gasteiger partial charge is 0.342 e. The summed E-state index contributed by atoms with van der Waals surface area (Å²) in [5.74, 6) is 1.44. The van der Waals surface area contributed by atoms with E-state index < -0.39 is 0 Å². The molecule has 3 nitrogen and oxygen atoms in total. The Morgan fingerprint density at radius 2 is 2.42 bits per heavy atom. The first kappa shape index (κ1) is 14.5. The SMILES string of the molecule is CC1CCN(C(=O)CCCc2cccs2)CC1CN. The Morgan fingerprint density at radius 3 is 3.11 bits per heavy atom. The number of nitrogens with two attached hydrogens (primary N) is 1. The molecule has 2 heterocycles. The molecule has 1 aliphatic rings. The molecule has 4 heteroatoms. The number of thiophene rings is 1. The first-order chi connectivity index (χ1) is 9.20. The number of amides is 1. The zero-order chi connectivity index (χ0) is 13.7. The number of nitrogens with zero attached hydrogens (tertiary/aromatic N) is 1. The Bertz CT molecular complexity index is 391. The zero-order valence-electron chi connectivity index (χ0n) is 11.7. The molecular formula is C15H24N2OS. The van der Waals surface area contributed by atoms with Crippen molar-refractivity contribution in [1.82, 2.24) is 4.90 Å². The van der Waals surface area contributed by atoms with Crippen LogP contribution in [0.1, 0.15) is 31.1 Å². The van der Waals surface area contributed by atoms with Crippen LogP contribution < -0.4 is 5.73 Å². The van der Waals surface area contributed by atoms with Crippen LogP contribution in [0, 0.1) is 11.8 Å². The number of rotatable bonds is 5. The fourth-order valence-corrected chi connectivity index (χ4v) is 3.46. The summed E-state index contributed by atoms with van der Waals surface area (Å²) in [5, 5.41) is 2.09. The van der Waals surface area contributed by atoms with Gasteiger partial charge in [0.05, 0.1) is 0 Å². The lowest BCUT2D eigenvalue weighted by Gasteiger charge is -2.36. The van der Waals surface area contributed by atoms with Gasteiger partial charge in [-0.3, -0.25) is 4.79 Å². The summed E-state index contributed by atoms with van der Waals surface area (Å²) in [4.78, 5) is 15.6. The van der Waals surface area contributed by atoms with E-state index in [4.69, 9.17) is 5.73 Å². The van der Waals surface area contributed by atoms with Gasteiger partial charge in [-0.05, 0) is 49.1 Å². The number of hydrogen-bond acceptors (Lipinski definition) is 3. The van der Waals surface area contributed by atoms with Crippen LogP contribution >= 0.6 is 11.3 Å². The maximum atomic E-state index is 12.2. The summed E-state index contributed by atoms with van der Waals surface area (Å²) in [6.07, 6.45) is 3.74. The average molecular weight is 280 g/mol. The van der Waals surface area contributed by atoms with Gasteiger partial charge < -0.3 is 10.6 Å². The van der Waals surface area contributed by atoms with Crippen molar-refractivity contribution >= 4 is 17.2 Å². The van der Waals surface area contributed by atoms with Crippen LogP contribution in [-0.2, 0) is 11.2 Å². The number of hydrogen-bond donors (Lipinski definition) is 1. The van der Waals surface area contributed by atoms with E-state index in [2.05, 4.69) is 24.4 Å². The molecule has 2 atom stereocenters. The van der Waals surface area contributed by atoms with E-state index in [9.17, 15) is 4.79 Å². The van der Waals surface area contributed by atoms with Crippen LogP contribution in [-0.4, -0.2) is 30.4 Å². The quantitative estimate of drug-likeness (QED) is 0.901. The van der Waals surface area contributed by atoms with Crippen molar-refractivity contribution in [3.8, 4) is 0 Å². The van der Waals surface area contributed by atoms with Gasteiger partial charge in [0, 0.05) is 24.4 Å². The maximum absolute atomic E-state index is 12.2. The van der Waals surface area contributed by atoms with Crippen molar-refractivity contribution in [3.05, 3.63) is 22.4 Å². The van der Waals surface area contributed by atoms with Gasteiger partial charge in [0.15, 0.2) is 0 Å². The smallest absolute Gasteiger partial charge is 0.222 e. The molecule has 1 saturated heterocycles. The molecule has 2 N–H and O–H groups in total. The molecule has 0 aliphatic carbocycles. The molecule has 1 fully saturated rings. The van der Waals surface area contributed by atoms with Crippen molar-refractivity contribution in [1.29, 1.82) is 0 Å². The summed E-state index contributed by atoms with van der Waals surface area (Å²) in [6, 6.07) is 4.21. The molecule has 1 aromatic rings. The van der Waals surface area contributed by atoms with Gasteiger partial charge in [-0.1, -0.05) is 13.0 Å². The third-order valence-corrected chi connectivity index (χ3v) is 5.10. The molecule has 0 spiro atoms. The van der Waals surface area contributed by atoms with E-state index >= 15 is 0 Å². The van der Waals surface area contributed by atoms with Crippen molar-refractivity contribution in [2.24, 2.45) is 17.6 Å². The van der Waals surface area contributed by atoms with E-state index in [0.717, 1.165) is 32.4 Å². The monoisotopic (exact) mass is 280 g/mol. The molecule has 0 aromatic carbocycles. The normalized spacial score (nSPS) is 23.6. The molecule has 1 aromatic heterocycles. The first-order valence-electron chi connectivity index (χ1n) is 7.21. The standard InChI is InChI=1S/C15H24N2OS/c1-12-7-8-17(11-13(12)10-16)15(18)6-2-4-14-5-3-9-19-14/h3,5,9,12-13H,2,4,6-8,10-11,16H2,1H3. The second-order valence-electron chi connectivity index (χ2n) is 5.53. The molecule has 0 bridgehead atoms. The Labute approximate surface area is 119 Å². The minimum absolute atomic E-state index is 0.307. The summed E-state index contributed by atoms with van der Waals surface area (Å²) in [6.45, 7) is 4.71. The highest BCUT2D eigenvalue weighted by Crippen LogP contribution is 2.23. The van der Waals surface area contributed by atoms with E-state index in [1.165, 1.54) is 4.88 Å². The number of piperidine rings is 1. The first-order valence-corrected chi connectivity index (χ1v) is 8.09. The maximum Gasteiger partial charge on any atom is 0.222 e. The third-order valence-electron chi connectivity index (χ3n) is 4.16. The van der Waals surface area contributed by atoms with E-state index in [1.807, 2.05) is 4.90 Å². The van der Waals surface area contributed by atoms with Crippen molar-refractivity contribution < 1.29 is 4.79 Å². The summed E-state index contributed by atoms with van der Waals surface area (Å²) < 4.78 is 0. The van der Waals surface area contributed by atoms with Crippen LogP contribution in [0.3, 0.4) is 0 Å². The molecule has 0 saturated carbocycles. The molecule has 19 heavy (non-hydrogen) atoms. The summed E-state index contributed by atoms with van der Waals surface area (Å²) in [7, 11) is 0. The molecule has 1 aliphatic heterocycles. The van der Waals surface area contributed by atoms with Gasteiger partial charge in [0.25, 0.3) is 0 Å². The Hall–Kier alpha value is -0.870. The van der Waals surface area contributed by atoms with Gasteiger partial charge in [0.1, 0.15) is 0 Å². The van der Waals surface area contributed by atoms with Gasteiger partial charge in [-0.2, -0.15) is 0 Å². The number of likely N-dealkylation sites (tertiary alicyclic amines) is 1. The number of carbonyl (C=O) groups is 1.